The highest BCUT2D eigenvalue weighted by atomic mass is 32.2. The Labute approximate surface area is 141 Å². The lowest BCUT2D eigenvalue weighted by Gasteiger charge is -2.30. The molecule has 22 heavy (non-hydrogen) atoms. The van der Waals surface area contributed by atoms with Crippen LogP contribution in [0.1, 0.15) is 47.0 Å². The zero-order valence-electron chi connectivity index (χ0n) is 15.2. The highest BCUT2D eigenvalue weighted by Gasteiger charge is 2.16. The van der Waals surface area contributed by atoms with Gasteiger partial charge in [0.1, 0.15) is 0 Å². The van der Waals surface area contributed by atoms with Crippen molar-refractivity contribution in [2.75, 3.05) is 45.5 Å². The van der Waals surface area contributed by atoms with Crippen molar-refractivity contribution in [2.24, 2.45) is 10.9 Å². The van der Waals surface area contributed by atoms with Gasteiger partial charge in [0.15, 0.2) is 5.96 Å². The van der Waals surface area contributed by atoms with Crippen molar-refractivity contribution in [2.45, 2.75) is 51.7 Å². The molecule has 1 fully saturated rings. The molecule has 5 heteroatoms. The Balaban J connectivity index is 2.24. The van der Waals surface area contributed by atoms with Crippen LogP contribution in [0.3, 0.4) is 0 Å². The van der Waals surface area contributed by atoms with Gasteiger partial charge in [-0.1, -0.05) is 6.92 Å². The molecule has 2 N–H and O–H groups in total. The van der Waals surface area contributed by atoms with Crippen molar-refractivity contribution < 1.29 is 0 Å². The lowest BCUT2D eigenvalue weighted by molar-refractivity contribution is 0.191. The third kappa shape index (κ3) is 8.28. The van der Waals surface area contributed by atoms with E-state index >= 15 is 0 Å². The molecular weight excluding hydrogens is 292 g/mol. The minimum Gasteiger partial charge on any atom is -0.357 e. The minimum absolute atomic E-state index is 0.201. The zero-order chi connectivity index (χ0) is 16.4. The molecule has 4 nitrogen and oxygen atoms in total. The summed E-state index contributed by atoms with van der Waals surface area (Å²) in [7, 11) is 0. The van der Waals surface area contributed by atoms with Crippen LogP contribution in [-0.4, -0.2) is 61.1 Å². The molecule has 0 aromatic carbocycles. The number of rotatable bonds is 8. The van der Waals surface area contributed by atoms with Gasteiger partial charge in [0.2, 0.25) is 0 Å². The van der Waals surface area contributed by atoms with Gasteiger partial charge >= 0.3 is 0 Å². The summed E-state index contributed by atoms with van der Waals surface area (Å²) >= 11 is 1.87. The highest BCUT2D eigenvalue weighted by Crippen LogP contribution is 2.21. The van der Waals surface area contributed by atoms with E-state index in [1.54, 1.807) is 0 Å². The number of nitrogens with zero attached hydrogens (tertiary/aromatic N) is 2. The molecule has 130 valence electrons. The van der Waals surface area contributed by atoms with Crippen LogP contribution in [0.25, 0.3) is 0 Å². The Morgan fingerprint density at radius 3 is 2.55 bits per heavy atom. The van der Waals surface area contributed by atoms with Gasteiger partial charge in [-0.05, 0) is 71.8 Å². The summed E-state index contributed by atoms with van der Waals surface area (Å²) in [6, 6.07) is 0. The van der Waals surface area contributed by atoms with Crippen molar-refractivity contribution in [3.8, 4) is 0 Å². The maximum atomic E-state index is 4.71. The molecule has 0 spiro atoms. The summed E-state index contributed by atoms with van der Waals surface area (Å²) in [5.41, 5.74) is 0. The SMILES string of the molecule is CCNC(=NCC(C)(C)SC)NCCCN1CCC(C)CC1. The number of guanidine groups is 1. The summed E-state index contributed by atoms with van der Waals surface area (Å²) < 4.78 is 0.201. The van der Waals surface area contributed by atoms with Crippen LogP contribution in [0.15, 0.2) is 4.99 Å². The van der Waals surface area contributed by atoms with Crippen LogP contribution in [0.5, 0.6) is 0 Å². The van der Waals surface area contributed by atoms with Gasteiger partial charge < -0.3 is 15.5 Å². The largest absolute Gasteiger partial charge is 0.357 e. The van der Waals surface area contributed by atoms with E-state index in [1.165, 1.54) is 38.9 Å². The van der Waals surface area contributed by atoms with Gasteiger partial charge in [-0.15, -0.1) is 0 Å². The van der Waals surface area contributed by atoms with Crippen molar-refractivity contribution >= 4 is 17.7 Å². The van der Waals surface area contributed by atoms with Crippen molar-refractivity contribution in [3.63, 3.8) is 0 Å². The third-order valence-electron chi connectivity index (χ3n) is 4.33. The van der Waals surface area contributed by atoms with Gasteiger partial charge in [-0.3, -0.25) is 4.99 Å². The van der Waals surface area contributed by atoms with Crippen molar-refractivity contribution in [1.82, 2.24) is 15.5 Å². The van der Waals surface area contributed by atoms with Gasteiger partial charge in [0.25, 0.3) is 0 Å². The molecule has 1 aliphatic heterocycles. The minimum atomic E-state index is 0.201. The average molecular weight is 329 g/mol. The standard InChI is InChI=1S/C17H36N4S/c1-6-18-16(20-14-17(3,4)22-5)19-10-7-11-21-12-8-15(2)9-13-21/h15H,6-14H2,1-5H3,(H2,18,19,20). The van der Waals surface area contributed by atoms with E-state index < -0.39 is 0 Å². The zero-order valence-corrected chi connectivity index (χ0v) is 16.1. The van der Waals surface area contributed by atoms with Crippen LogP contribution in [0.2, 0.25) is 0 Å². The second-order valence-corrected chi connectivity index (χ2v) is 8.48. The quantitative estimate of drug-likeness (QED) is 0.408. The fourth-order valence-electron chi connectivity index (χ4n) is 2.47. The average Bonchev–Trinajstić information content (AvgIpc) is 2.51. The topological polar surface area (TPSA) is 39.7 Å². The number of aliphatic imine (C=N–C) groups is 1. The van der Waals surface area contributed by atoms with Gasteiger partial charge in [0.05, 0.1) is 6.54 Å². The normalized spacial score (nSPS) is 18.5. The van der Waals surface area contributed by atoms with E-state index in [-0.39, 0.29) is 4.75 Å². The summed E-state index contributed by atoms with van der Waals surface area (Å²) in [6.07, 6.45) is 6.06. The molecule has 1 heterocycles. The first-order valence-corrected chi connectivity index (χ1v) is 9.99. The van der Waals surface area contributed by atoms with Crippen molar-refractivity contribution in [3.05, 3.63) is 0 Å². The second kappa shape index (κ2) is 10.4. The molecule has 0 bridgehead atoms. The lowest BCUT2D eigenvalue weighted by atomic mass is 9.99. The fourth-order valence-corrected chi connectivity index (χ4v) is 2.66. The van der Waals surface area contributed by atoms with E-state index in [0.29, 0.717) is 0 Å². The molecule has 0 saturated carbocycles. The number of thioether (sulfide) groups is 1. The summed E-state index contributed by atoms with van der Waals surface area (Å²) in [6.45, 7) is 15.5. The first-order chi connectivity index (χ1) is 10.5. The molecule has 0 aromatic rings. The molecule has 0 atom stereocenters. The summed E-state index contributed by atoms with van der Waals surface area (Å²) in [5, 5.41) is 6.81. The molecule has 0 radical (unpaired) electrons. The number of likely N-dealkylation sites (tertiary alicyclic amines) is 1. The van der Waals surface area contributed by atoms with E-state index in [2.05, 4.69) is 49.5 Å². The number of piperidine rings is 1. The van der Waals surface area contributed by atoms with Gasteiger partial charge in [0, 0.05) is 17.8 Å². The Morgan fingerprint density at radius 2 is 1.95 bits per heavy atom. The number of hydrogen-bond acceptors (Lipinski definition) is 3. The van der Waals surface area contributed by atoms with Crippen molar-refractivity contribution in [1.29, 1.82) is 0 Å². The summed E-state index contributed by atoms with van der Waals surface area (Å²) in [4.78, 5) is 7.31. The highest BCUT2D eigenvalue weighted by molar-refractivity contribution is 7.99. The molecule has 0 amide bonds. The maximum absolute atomic E-state index is 4.71. The summed E-state index contributed by atoms with van der Waals surface area (Å²) in [5.74, 6) is 1.87. The molecular formula is C17H36N4S. The predicted octanol–water partition coefficient (Wildman–Crippen LogP) is 2.81. The van der Waals surface area contributed by atoms with Crippen LogP contribution in [0.4, 0.5) is 0 Å². The first kappa shape index (κ1) is 19.6. The lowest BCUT2D eigenvalue weighted by Crippen LogP contribution is -2.40. The first-order valence-electron chi connectivity index (χ1n) is 8.76. The fraction of sp³-hybridized carbons (Fsp3) is 0.941. The van der Waals surface area contributed by atoms with E-state index in [1.807, 2.05) is 11.8 Å². The van der Waals surface area contributed by atoms with E-state index in [0.717, 1.165) is 31.5 Å². The van der Waals surface area contributed by atoms with Crippen LogP contribution in [-0.2, 0) is 0 Å². The van der Waals surface area contributed by atoms with E-state index in [4.69, 9.17) is 4.99 Å². The molecule has 1 aliphatic rings. The second-order valence-electron chi connectivity index (χ2n) is 6.96. The monoisotopic (exact) mass is 328 g/mol. The van der Waals surface area contributed by atoms with Crippen LogP contribution >= 0.6 is 11.8 Å². The predicted molar refractivity (Wildman–Crippen MR) is 101 cm³/mol. The molecule has 0 unspecified atom stereocenters. The Bertz CT molecular complexity index is 323. The molecule has 1 saturated heterocycles. The molecule has 0 aromatic heterocycles. The van der Waals surface area contributed by atoms with E-state index in [9.17, 15) is 0 Å². The van der Waals surface area contributed by atoms with Gasteiger partial charge in [-0.25, -0.2) is 0 Å². The Hall–Kier alpha value is -0.420. The number of nitrogens with one attached hydrogen (secondary N) is 2. The maximum Gasteiger partial charge on any atom is 0.191 e. The Morgan fingerprint density at radius 1 is 1.27 bits per heavy atom. The van der Waals surface area contributed by atoms with Crippen LogP contribution in [0, 0.1) is 5.92 Å². The Kier molecular flexibility index (Phi) is 9.25. The van der Waals surface area contributed by atoms with Crippen LogP contribution < -0.4 is 10.6 Å². The third-order valence-corrected chi connectivity index (χ3v) is 5.57. The molecule has 1 rings (SSSR count). The molecule has 0 aliphatic carbocycles. The van der Waals surface area contributed by atoms with Gasteiger partial charge in [-0.2, -0.15) is 11.8 Å². The number of hydrogen-bond donors (Lipinski definition) is 2. The smallest absolute Gasteiger partial charge is 0.191 e.